The second kappa shape index (κ2) is 8.16. The van der Waals surface area contributed by atoms with Crippen molar-refractivity contribution >= 4 is 28.0 Å². The number of hydrazine groups is 1. The lowest BCUT2D eigenvalue weighted by Gasteiger charge is -2.36. The second-order valence-electron chi connectivity index (χ2n) is 6.91. The second-order valence-corrected chi connectivity index (χ2v) is 7.83. The first-order valence-corrected chi connectivity index (χ1v) is 8.92. The highest BCUT2D eigenvalue weighted by Gasteiger charge is 2.28. The smallest absolute Gasteiger partial charge is 0.410 e. The number of nitrogens with one attached hydrogen (secondary N) is 1. The lowest BCUT2D eigenvalue weighted by atomic mass is 10.1. The fraction of sp³-hybridized carbons (Fsp3) is 0.529. The minimum Gasteiger partial charge on any atom is -0.480 e. The molecule has 0 radical (unpaired) electrons. The third-order valence-electron chi connectivity index (χ3n) is 3.67. The van der Waals surface area contributed by atoms with Crippen molar-refractivity contribution in [2.75, 3.05) is 26.2 Å². The number of nitrogens with zero attached hydrogens (tertiary/aromatic N) is 2. The molecule has 25 heavy (non-hydrogen) atoms. The number of carbonyl (C=O) groups is 2. The highest BCUT2D eigenvalue weighted by atomic mass is 79.9. The molecule has 2 N–H and O–H groups in total. The number of carboxylic acids is 1. The molecule has 1 aliphatic heterocycles. The van der Waals surface area contributed by atoms with Gasteiger partial charge in [-0.1, -0.05) is 28.1 Å². The van der Waals surface area contributed by atoms with Crippen molar-refractivity contribution in [3.05, 3.63) is 34.3 Å². The summed E-state index contributed by atoms with van der Waals surface area (Å²) in [6.07, 6.45) is -0.339. The molecule has 1 atom stereocenters. The predicted octanol–water partition coefficient (Wildman–Crippen LogP) is 2.63. The fourth-order valence-corrected chi connectivity index (χ4v) is 2.90. The maximum Gasteiger partial charge on any atom is 0.410 e. The molecule has 1 fully saturated rings. The van der Waals surface area contributed by atoms with E-state index in [-0.39, 0.29) is 6.09 Å². The van der Waals surface area contributed by atoms with Crippen LogP contribution in [0.1, 0.15) is 32.4 Å². The zero-order chi connectivity index (χ0) is 18.6. The number of aliphatic carboxylic acids is 1. The quantitative estimate of drug-likeness (QED) is 0.789. The SMILES string of the molecule is CC(C)(C)OC(=O)N1CCN(NC(C(=O)O)c2cccc(Br)c2)CC1. The Balaban J connectivity index is 1.93. The Bertz CT molecular complexity index is 625. The Morgan fingerprint density at radius 3 is 2.40 bits per heavy atom. The summed E-state index contributed by atoms with van der Waals surface area (Å²) >= 11 is 3.36. The molecule has 1 unspecified atom stereocenters. The number of halogens is 1. The summed E-state index contributed by atoms with van der Waals surface area (Å²) in [4.78, 5) is 25.3. The lowest BCUT2D eigenvalue weighted by molar-refractivity contribution is -0.141. The van der Waals surface area contributed by atoms with Gasteiger partial charge in [-0.15, -0.1) is 0 Å². The van der Waals surface area contributed by atoms with Crippen molar-refractivity contribution in [2.45, 2.75) is 32.4 Å². The van der Waals surface area contributed by atoms with Crippen molar-refractivity contribution in [3.63, 3.8) is 0 Å². The van der Waals surface area contributed by atoms with Gasteiger partial charge in [0.15, 0.2) is 0 Å². The van der Waals surface area contributed by atoms with Crippen LogP contribution in [0.2, 0.25) is 0 Å². The largest absolute Gasteiger partial charge is 0.480 e. The molecule has 0 spiro atoms. The van der Waals surface area contributed by atoms with Gasteiger partial charge in [0.2, 0.25) is 0 Å². The molecule has 138 valence electrons. The number of ether oxygens (including phenoxy) is 1. The molecule has 1 aromatic carbocycles. The lowest BCUT2D eigenvalue weighted by Crippen LogP contribution is -2.55. The molecule has 0 aromatic heterocycles. The number of amides is 1. The van der Waals surface area contributed by atoms with Crippen LogP contribution < -0.4 is 5.43 Å². The van der Waals surface area contributed by atoms with Gasteiger partial charge < -0.3 is 14.7 Å². The molecule has 8 heteroatoms. The van der Waals surface area contributed by atoms with Crippen molar-refractivity contribution in [3.8, 4) is 0 Å². The third kappa shape index (κ3) is 5.98. The van der Waals surface area contributed by atoms with Gasteiger partial charge >= 0.3 is 12.1 Å². The topological polar surface area (TPSA) is 82.1 Å². The number of carboxylic acid groups (broad SMARTS) is 1. The monoisotopic (exact) mass is 413 g/mol. The number of hydrogen-bond acceptors (Lipinski definition) is 5. The van der Waals surface area contributed by atoms with E-state index in [4.69, 9.17) is 4.74 Å². The molecule has 2 rings (SSSR count). The van der Waals surface area contributed by atoms with Gasteiger partial charge in [0, 0.05) is 30.7 Å². The normalized spacial score (nSPS) is 17.2. The third-order valence-corrected chi connectivity index (χ3v) is 4.17. The Hall–Kier alpha value is -1.64. The van der Waals surface area contributed by atoms with E-state index in [2.05, 4.69) is 21.4 Å². The van der Waals surface area contributed by atoms with E-state index >= 15 is 0 Å². The molecule has 7 nitrogen and oxygen atoms in total. The van der Waals surface area contributed by atoms with Crippen LogP contribution in [-0.2, 0) is 9.53 Å². The molecular formula is C17H24BrN3O4. The van der Waals surface area contributed by atoms with Crippen LogP contribution in [0.5, 0.6) is 0 Å². The van der Waals surface area contributed by atoms with Gasteiger partial charge in [-0.2, -0.15) is 0 Å². The Morgan fingerprint density at radius 1 is 1.24 bits per heavy atom. The minimum atomic E-state index is -0.951. The Labute approximate surface area is 156 Å². The zero-order valence-electron chi connectivity index (χ0n) is 14.7. The van der Waals surface area contributed by atoms with E-state index in [1.165, 1.54) is 0 Å². The molecule has 1 heterocycles. The van der Waals surface area contributed by atoms with Crippen LogP contribution >= 0.6 is 15.9 Å². The summed E-state index contributed by atoms with van der Waals surface area (Å²) in [6.45, 7) is 7.50. The first-order chi connectivity index (χ1) is 11.7. The van der Waals surface area contributed by atoms with E-state index in [1.54, 1.807) is 23.1 Å². The molecule has 0 bridgehead atoms. The van der Waals surface area contributed by atoms with Crippen LogP contribution in [0.15, 0.2) is 28.7 Å². The number of piperazine rings is 1. The van der Waals surface area contributed by atoms with Gasteiger partial charge in [-0.3, -0.25) is 4.79 Å². The van der Waals surface area contributed by atoms with Gasteiger partial charge in [-0.25, -0.2) is 15.2 Å². The van der Waals surface area contributed by atoms with Gasteiger partial charge in [0.1, 0.15) is 11.6 Å². The molecule has 1 aliphatic rings. The molecular weight excluding hydrogens is 390 g/mol. The van der Waals surface area contributed by atoms with E-state index in [1.807, 2.05) is 31.8 Å². The van der Waals surface area contributed by atoms with E-state index < -0.39 is 17.6 Å². The zero-order valence-corrected chi connectivity index (χ0v) is 16.2. The first kappa shape index (κ1) is 19.7. The van der Waals surface area contributed by atoms with E-state index in [0.29, 0.717) is 31.7 Å². The van der Waals surface area contributed by atoms with Gasteiger partial charge in [0.25, 0.3) is 0 Å². The van der Waals surface area contributed by atoms with Crippen LogP contribution in [0.4, 0.5) is 4.79 Å². The minimum absolute atomic E-state index is 0.339. The highest BCUT2D eigenvalue weighted by molar-refractivity contribution is 9.10. The molecule has 1 aromatic rings. The van der Waals surface area contributed by atoms with Crippen molar-refractivity contribution in [2.24, 2.45) is 0 Å². The number of benzene rings is 1. The highest BCUT2D eigenvalue weighted by Crippen LogP contribution is 2.19. The average molecular weight is 414 g/mol. The standard InChI is InChI=1S/C17H24BrN3O4/c1-17(2,3)25-16(24)20-7-9-21(10-8-20)19-14(15(22)23)12-5-4-6-13(18)11-12/h4-6,11,14,19H,7-10H2,1-3H3,(H,22,23). The maximum atomic E-state index is 12.1. The molecule has 1 amide bonds. The summed E-state index contributed by atoms with van der Waals surface area (Å²) in [5, 5.41) is 11.4. The van der Waals surface area contributed by atoms with E-state index in [0.717, 1.165) is 4.47 Å². The van der Waals surface area contributed by atoms with Crippen LogP contribution in [-0.4, -0.2) is 58.9 Å². The molecule has 0 saturated carbocycles. The Kier molecular flexibility index (Phi) is 6.42. The first-order valence-electron chi connectivity index (χ1n) is 8.13. The predicted molar refractivity (Wildman–Crippen MR) is 97.0 cm³/mol. The number of rotatable bonds is 4. The van der Waals surface area contributed by atoms with Gasteiger partial charge in [0.05, 0.1) is 0 Å². The summed E-state index contributed by atoms with van der Waals surface area (Å²) in [5.74, 6) is -0.951. The molecule has 0 aliphatic carbocycles. The van der Waals surface area contributed by atoms with Crippen LogP contribution in [0.3, 0.4) is 0 Å². The van der Waals surface area contributed by atoms with Crippen LogP contribution in [0.25, 0.3) is 0 Å². The maximum absolute atomic E-state index is 12.1. The van der Waals surface area contributed by atoms with Crippen LogP contribution in [0, 0.1) is 0 Å². The van der Waals surface area contributed by atoms with Gasteiger partial charge in [-0.05, 0) is 38.5 Å². The summed E-state index contributed by atoms with van der Waals surface area (Å²) in [6, 6.07) is 6.36. The van der Waals surface area contributed by atoms with Crippen molar-refractivity contribution in [1.82, 2.24) is 15.3 Å². The van der Waals surface area contributed by atoms with Crippen molar-refractivity contribution in [1.29, 1.82) is 0 Å². The van der Waals surface area contributed by atoms with Crippen molar-refractivity contribution < 1.29 is 19.4 Å². The Morgan fingerprint density at radius 2 is 1.88 bits per heavy atom. The van der Waals surface area contributed by atoms with E-state index in [9.17, 15) is 14.7 Å². The summed E-state index contributed by atoms with van der Waals surface area (Å²) in [5.41, 5.74) is 3.18. The fourth-order valence-electron chi connectivity index (χ4n) is 2.49. The average Bonchev–Trinajstić information content (AvgIpc) is 2.51. The number of hydrogen-bond donors (Lipinski definition) is 2. The molecule has 1 saturated heterocycles. The summed E-state index contributed by atoms with van der Waals surface area (Å²) < 4.78 is 6.19. The number of carbonyl (C=O) groups excluding carboxylic acids is 1. The summed E-state index contributed by atoms with van der Waals surface area (Å²) in [7, 11) is 0.